The fourth-order valence-electron chi connectivity index (χ4n) is 3.37. The normalized spacial score (nSPS) is 20.4. The Morgan fingerprint density at radius 3 is 2.88 bits per heavy atom. The van der Waals surface area contributed by atoms with Gasteiger partial charge in [0.1, 0.15) is 0 Å². The van der Waals surface area contributed by atoms with Gasteiger partial charge in [-0.3, -0.25) is 4.79 Å². The Kier molecular flexibility index (Phi) is 5.73. The van der Waals surface area contributed by atoms with Gasteiger partial charge in [0.05, 0.1) is 11.4 Å². The van der Waals surface area contributed by atoms with Crippen LogP contribution >= 0.6 is 11.8 Å². The molecule has 0 radical (unpaired) electrons. The maximum atomic E-state index is 12.3. The maximum absolute atomic E-state index is 12.3. The molecule has 0 bridgehead atoms. The Bertz CT molecular complexity index is 745. The number of nitrogens with one attached hydrogen (secondary N) is 1. The van der Waals surface area contributed by atoms with Gasteiger partial charge >= 0.3 is 0 Å². The highest BCUT2D eigenvalue weighted by Crippen LogP contribution is 2.24. The van der Waals surface area contributed by atoms with Gasteiger partial charge in [0.15, 0.2) is 0 Å². The summed E-state index contributed by atoms with van der Waals surface area (Å²) in [4.78, 5) is 12.3. The van der Waals surface area contributed by atoms with Crippen LogP contribution in [0.5, 0.6) is 0 Å². The number of aromatic nitrogens is 4. The van der Waals surface area contributed by atoms with Crippen LogP contribution < -0.4 is 5.32 Å². The number of benzene rings is 1. The first kappa shape index (κ1) is 17.9. The summed E-state index contributed by atoms with van der Waals surface area (Å²) in [5.41, 5.74) is 3.25. The van der Waals surface area contributed by atoms with Gasteiger partial charge in [-0.25, -0.2) is 0 Å². The molecule has 6 nitrogen and oxygen atoms in total. The zero-order valence-electron chi connectivity index (χ0n) is 15.0. The van der Waals surface area contributed by atoms with Crippen molar-refractivity contribution < 1.29 is 4.79 Å². The molecular formula is C18H25N5OS. The first-order valence-electron chi connectivity index (χ1n) is 8.83. The van der Waals surface area contributed by atoms with Crippen LogP contribution in [0.15, 0.2) is 23.4 Å². The zero-order chi connectivity index (χ0) is 17.8. The van der Waals surface area contributed by atoms with Crippen LogP contribution in [0.3, 0.4) is 0 Å². The lowest BCUT2D eigenvalue weighted by atomic mass is 9.86. The smallest absolute Gasteiger partial charge is 0.230 e. The average Bonchev–Trinajstić information content (AvgIpc) is 3.03. The first-order valence-corrected chi connectivity index (χ1v) is 9.81. The number of hydrogen-bond acceptors (Lipinski definition) is 5. The van der Waals surface area contributed by atoms with Gasteiger partial charge < -0.3 is 5.32 Å². The summed E-state index contributed by atoms with van der Waals surface area (Å²) in [6.07, 6.45) is 4.75. The van der Waals surface area contributed by atoms with Gasteiger partial charge in [0.2, 0.25) is 11.1 Å². The number of amides is 1. The number of tetrazole rings is 1. The van der Waals surface area contributed by atoms with Crippen LogP contribution in [0.4, 0.5) is 0 Å². The standard InChI is InChI=1S/C18H25N5OS/c1-12-8-9-16(14(3)10-12)23-18(20-21-22-23)25-11-17(24)19-15-7-5-4-6-13(15)2/h8-10,13,15H,4-7,11H2,1-3H3,(H,19,24)/t13-,15-/m1/s1. The van der Waals surface area contributed by atoms with Crippen molar-refractivity contribution in [1.29, 1.82) is 0 Å². The summed E-state index contributed by atoms with van der Waals surface area (Å²) in [5, 5.41) is 15.7. The summed E-state index contributed by atoms with van der Waals surface area (Å²) in [7, 11) is 0. The molecule has 0 unspecified atom stereocenters. The Hall–Kier alpha value is -1.89. The van der Waals surface area contributed by atoms with E-state index in [1.807, 2.05) is 19.1 Å². The predicted octanol–water partition coefficient (Wildman–Crippen LogP) is 3.07. The summed E-state index contributed by atoms with van der Waals surface area (Å²) in [6, 6.07) is 6.45. The maximum Gasteiger partial charge on any atom is 0.230 e. The van der Waals surface area contributed by atoms with E-state index >= 15 is 0 Å². The van der Waals surface area contributed by atoms with E-state index in [4.69, 9.17) is 0 Å². The van der Waals surface area contributed by atoms with Gasteiger partial charge in [-0.2, -0.15) is 4.68 Å². The van der Waals surface area contributed by atoms with Crippen molar-refractivity contribution in [2.45, 2.75) is 57.7 Å². The van der Waals surface area contributed by atoms with E-state index in [1.165, 1.54) is 36.6 Å². The van der Waals surface area contributed by atoms with Gasteiger partial charge in [0, 0.05) is 6.04 Å². The predicted molar refractivity (Wildman–Crippen MR) is 98.9 cm³/mol. The molecule has 2 aromatic rings. The van der Waals surface area contributed by atoms with Gasteiger partial charge in [-0.15, -0.1) is 5.10 Å². The minimum Gasteiger partial charge on any atom is -0.352 e. The van der Waals surface area contributed by atoms with E-state index in [-0.39, 0.29) is 5.91 Å². The van der Waals surface area contributed by atoms with Crippen LogP contribution in [0.25, 0.3) is 5.69 Å². The summed E-state index contributed by atoms with van der Waals surface area (Å²) < 4.78 is 1.70. The highest BCUT2D eigenvalue weighted by atomic mass is 32.2. The highest BCUT2D eigenvalue weighted by Gasteiger charge is 2.23. The average molecular weight is 359 g/mol. The molecule has 1 fully saturated rings. The Morgan fingerprint density at radius 2 is 2.12 bits per heavy atom. The zero-order valence-corrected chi connectivity index (χ0v) is 15.8. The second-order valence-electron chi connectivity index (χ2n) is 6.89. The van der Waals surface area contributed by atoms with Gasteiger partial charge in [-0.1, -0.05) is 49.2 Å². The molecule has 1 aliphatic rings. The molecule has 1 aliphatic carbocycles. The van der Waals surface area contributed by atoms with E-state index in [2.05, 4.69) is 40.8 Å². The lowest BCUT2D eigenvalue weighted by Gasteiger charge is -2.29. The molecule has 25 heavy (non-hydrogen) atoms. The Labute approximate surface area is 152 Å². The van der Waals surface area contributed by atoms with Crippen LogP contribution in [-0.2, 0) is 4.79 Å². The minimum absolute atomic E-state index is 0.0546. The molecule has 1 aromatic carbocycles. The van der Waals surface area contributed by atoms with Crippen LogP contribution in [0, 0.1) is 19.8 Å². The van der Waals surface area contributed by atoms with Crippen molar-refractivity contribution in [3.05, 3.63) is 29.3 Å². The van der Waals surface area contributed by atoms with Crippen LogP contribution in [-0.4, -0.2) is 37.9 Å². The molecule has 0 saturated heterocycles. The van der Waals surface area contributed by atoms with Crippen molar-refractivity contribution in [3.8, 4) is 5.69 Å². The molecule has 3 rings (SSSR count). The number of rotatable bonds is 5. The quantitative estimate of drug-likeness (QED) is 0.831. The molecule has 7 heteroatoms. The lowest BCUT2D eigenvalue weighted by molar-refractivity contribution is -0.119. The lowest BCUT2D eigenvalue weighted by Crippen LogP contribution is -2.41. The molecular weight excluding hydrogens is 334 g/mol. The molecule has 1 amide bonds. The number of carbonyl (C=O) groups is 1. The third-order valence-electron chi connectivity index (χ3n) is 4.81. The SMILES string of the molecule is Cc1ccc(-n2nnnc2SCC(=O)N[C@@H]2CCCC[C@H]2C)c(C)c1. The second kappa shape index (κ2) is 7.99. The van der Waals surface area contributed by atoms with Crippen LogP contribution in [0.1, 0.15) is 43.7 Å². The number of hydrogen-bond donors (Lipinski definition) is 1. The molecule has 1 saturated carbocycles. The molecule has 0 aliphatic heterocycles. The molecule has 1 heterocycles. The van der Waals surface area contributed by atoms with Crippen molar-refractivity contribution in [2.24, 2.45) is 5.92 Å². The summed E-state index contributed by atoms with van der Waals surface area (Å²) >= 11 is 1.37. The Morgan fingerprint density at radius 1 is 1.32 bits per heavy atom. The monoisotopic (exact) mass is 359 g/mol. The van der Waals surface area contributed by atoms with E-state index in [1.54, 1.807) is 4.68 Å². The van der Waals surface area contributed by atoms with Crippen LogP contribution in [0.2, 0.25) is 0 Å². The number of carbonyl (C=O) groups excluding carboxylic acids is 1. The summed E-state index contributed by atoms with van der Waals surface area (Å²) in [6.45, 7) is 6.32. The number of thioether (sulfide) groups is 1. The van der Waals surface area contributed by atoms with Crippen molar-refractivity contribution in [3.63, 3.8) is 0 Å². The number of nitrogens with zero attached hydrogens (tertiary/aromatic N) is 4. The third-order valence-corrected chi connectivity index (χ3v) is 5.73. The van der Waals surface area contributed by atoms with Gasteiger partial charge in [0.25, 0.3) is 0 Å². The molecule has 0 spiro atoms. The van der Waals surface area contributed by atoms with Crippen molar-refractivity contribution >= 4 is 17.7 Å². The summed E-state index contributed by atoms with van der Waals surface area (Å²) in [5.74, 6) is 0.941. The molecule has 2 atom stereocenters. The van der Waals surface area contributed by atoms with Crippen molar-refractivity contribution in [2.75, 3.05) is 5.75 Å². The number of aryl methyl sites for hydroxylation is 2. The Balaban J connectivity index is 1.62. The largest absolute Gasteiger partial charge is 0.352 e. The first-order chi connectivity index (χ1) is 12.0. The minimum atomic E-state index is 0.0546. The van der Waals surface area contributed by atoms with Gasteiger partial charge in [-0.05, 0) is 54.7 Å². The fourth-order valence-corrected chi connectivity index (χ4v) is 4.07. The molecule has 1 N–H and O–H groups in total. The fraction of sp³-hybridized carbons (Fsp3) is 0.556. The van der Waals surface area contributed by atoms with E-state index < -0.39 is 0 Å². The third kappa shape index (κ3) is 4.39. The second-order valence-corrected chi connectivity index (χ2v) is 7.83. The molecule has 134 valence electrons. The van der Waals surface area contributed by atoms with E-state index in [9.17, 15) is 4.79 Å². The molecule has 1 aromatic heterocycles. The topological polar surface area (TPSA) is 72.7 Å². The highest BCUT2D eigenvalue weighted by molar-refractivity contribution is 7.99. The van der Waals surface area contributed by atoms with Crippen molar-refractivity contribution in [1.82, 2.24) is 25.5 Å². The van der Waals surface area contributed by atoms with E-state index in [0.717, 1.165) is 17.7 Å². The van der Waals surface area contributed by atoms with E-state index in [0.29, 0.717) is 22.9 Å².